The minimum absolute atomic E-state index is 0.0403. The Bertz CT molecular complexity index is 420. The summed E-state index contributed by atoms with van der Waals surface area (Å²) in [7, 11) is 0. The summed E-state index contributed by atoms with van der Waals surface area (Å²) >= 11 is 0. The zero-order valence-corrected chi connectivity index (χ0v) is 11.1. The van der Waals surface area contributed by atoms with Crippen LogP contribution in [-0.2, 0) is 0 Å². The third-order valence-electron chi connectivity index (χ3n) is 3.05. The summed E-state index contributed by atoms with van der Waals surface area (Å²) < 4.78 is 41.4. The van der Waals surface area contributed by atoms with Crippen LogP contribution in [0.5, 0.6) is 5.75 Å². The highest BCUT2D eigenvalue weighted by Gasteiger charge is 2.26. The molecule has 1 aromatic rings. The molecule has 0 bridgehead atoms. The predicted molar refractivity (Wildman–Crippen MR) is 70.1 cm³/mol. The van der Waals surface area contributed by atoms with Crippen LogP contribution in [-0.4, -0.2) is 43.9 Å². The monoisotopic (exact) mass is 289 g/mol. The smallest absolute Gasteiger partial charge is 0.389 e. The van der Waals surface area contributed by atoms with Gasteiger partial charge in [-0.3, -0.25) is 4.98 Å². The van der Waals surface area contributed by atoms with Crippen molar-refractivity contribution in [3.8, 4) is 5.75 Å². The fraction of sp³-hybridized carbons (Fsp3) is 0.615. The molecule has 20 heavy (non-hydrogen) atoms. The Hall–Kier alpha value is -1.50. The molecule has 0 amide bonds. The van der Waals surface area contributed by atoms with Crippen LogP contribution >= 0.6 is 0 Å². The number of aromatic nitrogens is 1. The molecule has 2 rings (SSSR count). The highest BCUT2D eigenvalue weighted by Crippen LogP contribution is 2.23. The number of alkyl halides is 3. The van der Waals surface area contributed by atoms with Gasteiger partial charge in [0.1, 0.15) is 5.75 Å². The molecule has 1 fully saturated rings. The van der Waals surface area contributed by atoms with Crippen LogP contribution in [0.3, 0.4) is 0 Å². The van der Waals surface area contributed by atoms with Gasteiger partial charge in [-0.05, 0) is 6.42 Å². The molecule has 0 aromatic carbocycles. The number of pyridine rings is 1. The molecule has 7 heteroatoms. The number of ether oxygens (including phenoxy) is 1. The van der Waals surface area contributed by atoms with Gasteiger partial charge in [0, 0.05) is 38.7 Å². The third kappa shape index (κ3) is 4.88. The van der Waals surface area contributed by atoms with Crippen LogP contribution in [0.25, 0.3) is 0 Å². The lowest BCUT2D eigenvalue weighted by atomic mass is 10.3. The lowest BCUT2D eigenvalue weighted by molar-refractivity contribution is -0.136. The molecule has 1 aromatic heterocycles. The van der Waals surface area contributed by atoms with E-state index in [1.54, 1.807) is 6.20 Å². The van der Waals surface area contributed by atoms with Crippen molar-refractivity contribution in [2.24, 2.45) is 0 Å². The van der Waals surface area contributed by atoms with Crippen LogP contribution < -0.4 is 15.0 Å². The van der Waals surface area contributed by atoms with Crippen LogP contribution in [0, 0.1) is 0 Å². The van der Waals surface area contributed by atoms with Gasteiger partial charge in [-0.1, -0.05) is 0 Å². The van der Waals surface area contributed by atoms with E-state index in [1.807, 2.05) is 6.07 Å². The molecule has 1 aliphatic heterocycles. The lowest BCUT2D eigenvalue weighted by Crippen LogP contribution is -2.43. The van der Waals surface area contributed by atoms with Crippen LogP contribution in [0.4, 0.5) is 18.9 Å². The van der Waals surface area contributed by atoms with Crippen LogP contribution in [0.15, 0.2) is 18.5 Å². The summed E-state index contributed by atoms with van der Waals surface area (Å²) in [5.74, 6) is 0.517. The fourth-order valence-electron chi connectivity index (χ4n) is 2.04. The van der Waals surface area contributed by atoms with Gasteiger partial charge in [-0.25, -0.2) is 0 Å². The largest absolute Gasteiger partial charge is 0.492 e. The first kappa shape index (κ1) is 14.9. The Labute approximate surface area is 115 Å². The number of hydrogen-bond donors (Lipinski definition) is 1. The van der Waals surface area contributed by atoms with E-state index in [-0.39, 0.29) is 13.0 Å². The molecular formula is C13H18F3N3O. The maximum Gasteiger partial charge on any atom is 0.389 e. The quantitative estimate of drug-likeness (QED) is 0.843. The summed E-state index contributed by atoms with van der Waals surface area (Å²) in [6.45, 7) is 3.65. The Morgan fingerprint density at radius 1 is 1.25 bits per heavy atom. The van der Waals surface area contributed by atoms with Gasteiger partial charge in [-0.2, -0.15) is 13.2 Å². The van der Waals surface area contributed by atoms with Crippen molar-refractivity contribution in [3.05, 3.63) is 18.5 Å². The molecule has 0 unspecified atom stereocenters. The molecule has 1 N–H and O–H groups in total. The van der Waals surface area contributed by atoms with Crippen molar-refractivity contribution in [1.29, 1.82) is 0 Å². The number of rotatable bonds is 5. The van der Waals surface area contributed by atoms with E-state index >= 15 is 0 Å². The number of halogens is 3. The normalized spacial score (nSPS) is 16.2. The van der Waals surface area contributed by atoms with Crippen LogP contribution in [0.2, 0.25) is 0 Å². The highest BCUT2D eigenvalue weighted by atomic mass is 19.4. The second kappa shape index (κ2) is 6.78. The minimum atomic E-state index is -4.12. The summed E-state index contributed by atoms with van der Waals surface area (Å²) in [6.07, 6.45) is -1.71. The number of nitrogens with zero attached hydrogens (tertiary/aromatic N) is 2. The molecule has 0 saturated carbocycles. The van der Waals surface area contributed by atoms with Gasteiger partial charge < -0.3 is 15.0 Å². The van der Waals surface area contributed by atoms with Crippen molar-refractivity contribution in [2.75, 3.05) is 37.7 Å². The van der Waals surface area contributed by atoms with Crippen molar-refractivity contribution in [1.82, 2.24) is 10.3 Å². The Morgan fingerprint density at radius 3 is 2.70 bits per heavy atom. The van der Waals surface area contributed by atoms with E-state index < -0.39 is 12.6 Å². The molecule has 1 aliphatic rings. The van der Waals surface area contributed by atoms with E-state index in [4.69, 9.17) is 4.74 Å². The van der Waals surface area contributed by atoms with Crippen molar-refractivity contribution < 1.29 is 17.9 Å². The number of piperazine rings is 1. The van der Waals surface area contributed by atoms with Gasteiger partial charge in [-0.15, -0.1) is 0 Å². The maximum absolute atomic E-state index is 12.0. The van der Waals surface area contributed by atoms with E-state index in [0.717, 1.165) is 31.9 Å². The Morgan fingerprint density at radius 2 is 2.00 bits per heavy atom. The van der Waals surface area contributed by atoms with Gasteiger partial charge in [0.15, 0.2) is 0 Å². The second-order valence-electron chi connectivity index (χ2n) is 4.68. The standard InChI is InChI=1S/C13H18F3N3O/c14-13(15,16)2-1-7-20-12-8-11(9-18-10-12)19-5-3-17-4-6-19/h8-10,17H,1-7H2. The first-order valence-corrected chi connectivity index (χ1v) is 6.65. The Kier molecular flexibility index (Phi) is 5.05. The number of anilines is 1. The summed E-state index contributed by atoms with van der Waals surface area (Å²) in [6, 6.07) is 1.83. The lowest BCUT2D eigenvalue weighted by Gasteiger charge is -2.29. The SMILES string of the molecule is FC(F)(F)CCCOc1cncc(N2CCNCC2)c1. The van der Waals surface area contributed by atoms with Gasteiger partial charge in [0.2, 0.25) is 0 Å². The number of nitrogens with one attached hydrogen (secondary N) is 1. The summed E-state index contributed by atoms with van der Waals surface area (Å²) in [5, 5.41) is 3.26. The predicted octanol–water partition coefficient (Wildman–Crippen LogP) is 2.21. The first-order valence-electron chi connectivity index (χ1n) is 6.65. The second-order valence-corrected chi connectivity index (χ2v) is 4.68. The van der Waals surface area contributed by atoms with Gasteiger partial charge in [0.05, 0.1) is 24.7 Å². The van der Waals surface area contributed by atoms with Crippen LogP contribution in [0.1, 0.15) is 12.8 Å². The molecular weight excluding hydrogens is 271 g/mol. The molecule has 112 valence electrons. The maximum atomic E-state index is 12.0. The summed E-state index contributed by atoms with van der Waals surface area (Å²) in [5.41, 5.74) is 0.944. The molecule has 1 saturated heterocycles. The van der Waals surface area contributed by atoms with E-state index in [2.05, 4.69) is 15.2 Å². The van der Waals surface area contributed by atoms with Gasteiger partial charge >= 0.3 is 6.18 Å². The minimum Gasteiger partial charge on any atom is -0.492 e. The zero-order chi connectivity index (χ0) is 14.4. The van der Waals surface area contributed by atoms with E-state index in [1.165, 1.54) is 6.20 Å². The molecule has 0 aliphatic carbocycles. The van der Waals surface area contributed by atoms with E-state index in [9.17, 15) is 13.2 Å². The third-order valence-corrected chi connectivity index (χ3v) is 3.05. The highest BCUT2D eigenvalue weighted by molar-refractivity contribution is 5.48. The first-order chi connectivity index (χ1) is 9.54. The van der Waals surface area contributed by atoms with E-state index in [0.29, 0.717) is 5.75 Å². The van der Waals surface area contributed by atoms with Crippen molar-refractivity contribution in [2.45, 2.75) is 19.0 Å². The average Bonchev–Trinajstić information content (AvgIpc) is 2.44. The van der Waals surface area contributed by atoms with Gasteiger partial charge in [0.25, 0.3) is 0 Å². The average molecular weight is 289 g/mol. The Balaban J connectivity index is 1.83. The molecule has 0 spiro atoms. The topological polar surface area (TPSA) is 37.4 Å². The molecule has 4 nitrogen and oxygen atoms in total. The summed E-state index contributed by atoms with van der Waals surface area (Å²) in [4.78, 5) is 6.25. The zero-order valence-electron chi connectivity index (χ0n) is 11.1. The fourth-order valence-corrected chi connectivity index (χ4v) is 2.04. The molecule has 0 atom stereocenters. The molecule has 0 radical (unpaired) electrons. The number of hydrogen-bond acceptors (Lipinski definition) is 4. The van der Waals surface area contributed by atoms with Crippen molar-refractivity contribution >= 4 is 5.69 Å². The van der Waals surface area contributed by atoms with Crippen molar-refractivity contribution in [3.63, 3.8) is 0 Å². The molecule has 2 heterocycles.